The first-order valence-electron chi connectivity index (χ1n) is 8.59. The number of aliphatic hydroxyl groups is 1. The number of hydrogen-bond acceptors (Lipinski definition) is 2. The zero-order chi connectivity index (χ0) is 18.8. The van der Waals surface area contributed by atoms with E-state index in [9.17, 15) is 23.1 Å². The molecule has 0 bridgehead atoms. The van der Waals surface area contributed by atoms with Gasteiger partial charge in [-0.2, -0.15) is 13.2 Å². The van der Waals surface area contributed by atoms with E-state index in [1.807, 2.05) is 42.5 Å². The van der Waals surface area contributed by atoms with Gasteiger partial charge in [0, 0.05) is 32.5 Å². The number of rotatable bonds is 3. The van der Waals surface area contributed by atoms with Crippen LogP contribution in [0.5, 0.6) is 0 Å². The molecule has 7 heteroatoms. The van der Waals surface area contributed by atoms with Crippen LogP contribution in [0, 0.1) is 0 Å². The molecule has 0 aliphatic carbocycles. The summed E-state index contributed by atoms with van der Waals surface area (Å²) in [5.74, 6) is 0. The highest BCUT2D eigenvalue weighted by molar-refractivity contribution is 5.85. The zero-order valence-electron chi connectivity index (χ0n) is 14.2. The van der Waals surface area contributed by atoms with Crippen LogP contribution in [0.4, 0.5) is 18.0 Å². The van der Waals surface area contributed by atoms with E-state index in [-0.39, 0.29) is 13.1 Å². The quantitative estimate of drug-likeness (QED) is 0.874. The van der Waals surface area contributed by atoms with Crippen LogP contribution in [-0.2, 0) is 6.42 Å². The van der Waals surface area contributed by atoms with Gasteiger partial charge in [0.25, 0.3) is 0 Å². The minimum Gasteiger partial charge on any atom is -0.380 e. The standard InChI is InChI=1S/C19H21F3N2O2/c20-19(21,22)18(26)9-12-24(13-10-18)17(25)23-11-8-15-6-3-5-14-4-1-2-7-16(14)15/h1-7,26H,8-13H2,(H,23,25). The van der Waals surface area contributed by atoms with Crippen molar-refractivity contribution in [3.05, 3.63) is 48.0 Å². The first kappa shape index (κ1) is 18.5. The summed E-state index contributed by atoms with van der Waals surface area (Å²) >= 11 is 0. The lowest BCUT2D eigenvalue weighted by molar-refractivity contribution is -0.271. The fraction of sp³-hybridized carbons (Fsp3) is 0.421. The van der Waals surface area contributed by atoms with E-state index in [4.69, 9.17) is 0 Å². The first-order chi connectivity index (χ1) is 12.3. The van der Waals surface area contributed by atoms with E-state index in [1.165, 1.54) is 4.90 Å². The fourth-order valence-electron chi connectivity index (χ4n) is 3.29. The third-order valence-electron chi connectivity index (χ3n) is 4.96. The summed E-state index contributed by atoms with van der Waals surface area (Å²) in [4.78, 5) is 13.5. The van der Waals surface area contributed by atoms with Crippen LogP contribution in [-0.4, -0.2) is 47.4 Å². The molecule has 0 saturated carbocycles. The Morgan fingerprint density at radius 1 is 1.12 bits per heavy atom. The highest BCUT2D eigenvalue weighted by atomic mass is 19.4. The van der Waals surface area contributed by atoms with Crippen molar-refractivity contribution in [2.45, 2.75) is 31.0 Å². The van der Waals surface area contributed by atoms with Gasteiger partial charge in [-0.15, -0.1) is 0 Å². The van der Waals surface area contributed by atoms with Gasteiger partial charge in [-0.05, 0) is 22.8 Å². The number of hydrogen-bond donors (Lipinski definition) is 2. The maximum absolute atomic E-state index is 12.8. The van der Waals surface area contributed by atoms with E-state index < -0.39 is 30.7 Å². The number of alkyl halides is 3. The zero-order valence-corrected chi connectivity index (χ0v) is 14.2. The number of urea groups is 1. The summed E-state index contributed by atoms with van der Waals surface area (Å²) in [7, 11) is 0. The largest absolute Gasteiger partial charge is 0.417 e. The molecule has 0 spiro atoms. The normalized spacial score (nSPS) is 17.3. The molecule has 1 aliphatic rings. The van der Waals surface area contributed by atoms with Crippen molar-refractivity contribution >= 4 is 16.8 Å². The minimum atomic E-state index is -4.66. The lowest BCUT2D eigenvalue weighted by atomic mass is 9.91. The number of nitrogens with one attached hydrogen (secondary N) is 1. The van der Waals surface area contributed by atoms with Gasteiger partial charge in [0.15, 0.2) is 5.60 Å². The van der Waals surface area contributed by atoms with E-state index in [1.54, 1.807) is 0 Å². The molecule has 140 valence electrons. The van der Waals surface area contributed by atoms with Gasteiger partial charge in [0.2, 0.25) is 0 Å². The van der Waals surface area contributed by atoms with E-state index in [2.05, 4.69) is 5.32 Å². The Hall–Kier alpha value is -2.28. The van der Waals surface area contributed by atoms with E-state index in [0.717, 1.165) is 16.3 Å². The molecular weight excluding hydrogens is 345 g/mol. The molecule has 26 heavy (non-hydrogen) atoms. The van der Waals surface area contributed by atoms with Crippen LogP contribution < -0.4 is 5.32 Å². The molecule has 1 heterocycles. The maximum Gasteiger partial charge on any atom is 0.417 e. The number of carbonyl (C=O) groups is 1. The van der Waals surface area contributed by atoms with Gasteiger partial charge < -0.3 is 15.3 Å². The Morgan fingerprint density at radius 2 is 1.77 bits per heavy atom. The monoisotopic (exact) mass is 366 g/mol. The Kier molecular flexibility index (Phi) is 5.09. The van der Waals surface area contributed by atoms with Crippen molar-refractivity contribution < 1.29 is 23.1 Å². The molecule has 0 atom stereocenters. The van der Waals surface area contributed by atoms with Crippen LogP contribution in [0.1, 0.15) is 18.4 Å². The molecule has 1 fully saturated rings. The van der Waals surface area contributed by atoms with Crippen molar-refractivity contribution in [2.75, 3.05) is 19.6 Å². The summed E-state index contributed by atoms with van der Waals surface area (Å²) in [6.07, 6.45) is -5.02. The van der Waals surface area contributed by atoms with Crippen molar-refractivity contribution in [3.63, 3.8) is 0 Å². The minimum absolute atomic E-state index is 0.115. The Morgan fingerprint density at radius 3 is 2.46 bits per heavy atom. The molecule has 0 aromatic heterocycles. The van der Waals surface area contributed by atoms with Crippen LogP contribution in [0.2, 0.25) is 0 Å². The summed E-state index contributed by atoms with van der Waals surface area (Å²) < 4.78 is 38.4. The molecule has 1 saturated heterocycles. The SMILES string of the molecule is O=C(NCCc1cccc2ccccc12)N1CCC(O)(C(F)(F)F)CC1. The summed E-state index contributed by atoms with van der Waals surface area (Å²) in [6, 6.07) is 13.6. The van der Waals surface area contributed by atoms with Crippen molar-refractivity contribution in [3.8, 4) is 0 Å². The summed E-state index contributed by atoms with van der Waals surface area (Å²) in [6.45, 7) is 0.166. The van der Waals surface area contributed by atoms with Gasteiger partial charge in [0.05, 0.1) is 0 Å². The summed E-state index contributed by atoms with van der Waals surface area (Å²) in [5, 5.41) is 14.7. The number of carbonyl (C=O) groups excluding carboxylic acids is 1. The molecular formula is C19H21F3N2O2. The van der Waals surface area contributed by atoms with Gasteiger partial charge in [-0.3, -0.25) is 0 Å². The molecule has 3 rings (SSSR count). The smallest absolute Gasteiger partial charge is 0.380 e. The average Bonchev–Trinajstić information content (AvgIpc) is 2.61. The lowest BCUT2D eigenvalue weighted by Gasteiger charge is -2.39. The van der Waals surface area contributed by atoms with Crippen LogP contribution >= 0.6 is 0 Å². The molecule has 1 aliphatic heterocycles. The van der Waals surface area contributed by atoms with Gasteiger partial charge in [-0.25, -0.2) is 4.79 Å². The number of likely N-dealkylation sites (tertiary alicyclic amines) is 1. The Balaban J connectivity index is 1.52. The second-order valence-electron chi connectivity index (χ2n) is 6.64. The maximum atomic E-state index is 12.8. The van der Waals surface area contributed by atoms with Gasteiger partial charge in [0.1, 0.15) is 0 Å². The van der Waals surface area contributed by atoms with Crippen molar-refractivity contribution in [2.24, 2.45) is 0 Å². The Labute approximate surface area is 149 Å². The number of halogens is 3. The lowest BCUT2D eigenvalue weighted by Crippen LogP contribution is -2.55. The third-order valence-corrected chi connectivity index (χ3v) is 4.96. The predicted octanol–water partition coefficient (Wildman–Crippen LogP) is 3.48. The van der Waals surface area contributed by atoms with Gasteiger partial charge >= 0.3 is 12.2 Å². The Bertz CT molecular complexity index is 778. The highest BCUT2D eigenvalue weighted by Crippen LogP contribution is 2.38. The number of nitrogens with zero attached hydrogens (tertiary/aromatic N) is 1. The highest BCUT2D eigenvalue weighted by Gasteiger charge is 2.54. The van der Waals surface area contributed by atoms with E-state index >= 15 is 0 Å². The molecule has 4 nitrogen and oxygen atoms in total. The fourth-order valence-corrected chi connectivity index (χ4v) is 3.29. The third kappa shape index (κ3) is 3.77. The molecule has 0 unspecified atom stereocenters. The van der Waals surface area contributed by atoms with Gasteiger partial charge in [-0.1, -0.05) is 42.5 Å². The second kappa shape index (κ2) is 7.15. The van der Waals surface area contributed by atoms with Crippen molar-refractivity contribution in [1.29, 1.82) is 0 Å². The van der Waals surface area contributed by atoms with Crippen molar-refractivity contribution in [1.82, 2.24) is 10.2 Å². The van der Waals surface area contributed by atoms with Crippen LogP contribution in [0.3, 0.4) is 0 Å². The topological polar surface area (TPSA) is 52.6 Å². The number of amides is 2. The number of fused-ring (bicyclic) bond motifs is 1. The second-order valence-corrected chi connectivity index (χ2v) is 6.64. The number of benzene rings is 2. The number of piperidine rings is 1. The molecule has 2 N–H and O–H groups in total. The molecule has 2 aromatic carbocycles. The van der Waals surface area contributed by atoms with E-state index in [0.29, 0.717) is 13.0 Å². The molecule has 0 radical (unpaired) electrons. The summed E-state index contributed by atoms with van der Waals surface area (Å²) in [5.41, 5.74) is -1.58. The average molecular weight is 366 g/mol. The molecule has 2 amide bonds. The van der Waals surface area contributed by atoms with Crippen LogP contribution in [0.25, 0.3) is 10.8 Å². The molecule has 2 aromatic rings. The first-order valence-corrected chi connectivity index (χ1v) is 8.59. The van der Waals surface area contributed by atoms with Crippen LogP contribution in [0.15, 0.2) is 42.5 Å². The predicted molar refractivity (Wildman–Crippen MR) is 92.9 cm³/mol.